The number of halogens is 3. The van der Waals surface area contributed by atoms with Crippen molar-refractivity contribution in [3.05, 3.63) is 59.4 Å². The van der Waals surface area contributed by atoms with Gasteiger partial charge in [-0.15, -0.1) is 0 Å². The first kappa shape index (κ1) is 22.4. The number of aromatic hydroxyl groups is 1. The van der Waals surface area contributed by atoms with Crippen LogP contribution in [0.25, 0.3) is 0 Å². The molecular weight excluding hydrogens is 420 g/mol. The van der Waals surface area contributed by atoms with Gasteiger partial charge in [0.15, 0.2) is 0 Å². The number of aliphatic imine (C=N–C) groups is 1. The van der Waals surface area contributed by atoms with Crippen LogP contribution in [0, 0.1) is 17.7 Å². The minimum absolute atomic E-state index is 0.168. The molecule has 0 bridgehead atoms. The molecule has 6 heteroatoms. The summed E-state index contributed by atoms with van der Waals surface area (Å²) in [6.45, 7) is 4.39. The van der Waals surface area contributed by atoms with Crippen molar-refractivity contribution in [3.8, 4) is 5.75 Å². The van der Waals surface area contributed by atoms with E-state index in [0.717, 1.165) is 24.1 Å². The maximum absolute atomic E-state index is 14.2. The Labute approximate surface area is 177 Å². The standard InChI is InChI=1S/C21H24FNO.2ClH.Ti/c1-14-7-6-8-15(2)20(14)19-12-17(22)11-16(21(19)24)13-23-18-9-4-3-5-10-18;;;/h3-5,9-15,20,24H,6-8H2,1-2H3;2*1H;/q;;;+2/p-2. The van der Waals surface area contributed by atoms with E-state index in [9.17, 15) is 9.50 Å². The quantitative estimate of drug-likeness (QED) is 0.394. The van der Waals surface area contributed by atoms with E-state index in [1.165, 1.54) is 18.6 Å². The number of hydrogen-bond donors (Lipinski definition) is 1. The van der Waals surface area contributed by atoms with E-state index >= 15 is 0 Å². The molecule has 1 aliphatic rings. The van der Waals surface area contributed by atoms with Gasteiger partial charge >= 0.3 is 35.6 Å². The molecule has 2 unspecified atom stereocenters. The summed E-state index contributed by atoms with van der Waals surface area (Å²) in [4.78, 5) is 4.35. The van der Waals surface area contributed by atoms with Gasteiger partial charge in [0.05, 0.1) is 5.69 Å². The molecule has 27 heavy (non-hydrogen) atoms. The molecule has 1 fully saturated rings. The second kappa shape index (κ2) is 11.2. The zero-order valence-electron chi connectivity index (χ0n) is 15.5. The SMILES string of the molecule is CC1CCCC(C)C1c1cc(F)cc(C=Nc2ccccc2)c1O.[Cl][Ti][Cl]. The molecule has 0 saturated heterocycles. The molecule has 0 aromatic heterocycles. The Bertz CT molecular complexity index is 747. The van der Waals surface area contributed by atoms with Gasteiger partial charge < -0.3 is 5.11 Å². The van der Waals surface area contributed by atoms with Crippen molar-refractivity contribution in [1.82, 2.24) is 0 Å². The van der Waals surface area contributed by atoms with Gasteiger partial charge in [-0.25, -0.2) is 4.39 Å². The minimum atomic E-state index is -0.556. The fourth-order valence-electron chi connectivity index (χ4n) is 3.95. The molecule has 0 amide bonds. The van der Waals surface area contributed by atoms with Crippen LogP contribution >= 0.6 is 18.6 Å². The number of rotatable bonds is 3. The molecule has 2 aromatic carbocycles. The molecule has 0 radical (unpaired) electrons. The molecule has 144 valence electrons. The van der Waals surface area contributed by atoms with Crippen LogP contribution in [-0.2, 0) is 17.0 Å². The maximum atomic E-state index is 14.2. The molecule has 3 rings (SSSR count). The zero-order valence-corrected chi connectivity index (χ0v) is 18.6. The first-order valence-electron chi connectivity index (χ1n) is 9.05. The van der Waals surface area contributed by atoms with E-state index in [4.69, 9.17) is 18.6 Å². The van der Waals surface area contributed by atoms with Crippen molar-refractivity contribution in [1.29, 1.82) is 0 Å². The van der Waals surface area contributed by atoms with Crippen LogP contribution in [0.15, 0.2) is 47.5 Å². The summed E-state index contributed by atoms with van der Waals surface area (Å²) < 4.78 is 14.2. The van der Waals surface area contributed by atoms with E-state index in [1.54, 1.807) is 6.21 Å². The third kappa shape index (κ3) is 6.32. The fourth-order valence-corrected chi connectivity index (χ4v) is 3.95. The third-order valence-electron chi connectivity index (χ3n) is 5.15. The number of benzene rings is 2. The fraction of sp³-hybridized carbons (Fsp3) is 0.381. The van der Waals surface area contributed by atoms with Gasteiger partial charge in [-0.3, -0.25) is 4.99 Å². The van der Waals surface area contributed by atoms with Crippen molar-refractivity contribution in [2.45, 2.75) is 39.0 Å². The third-order valence-corrected chi connectivity index (χ3v) is 5.15. The first-order chi connectivity index (χ1) is 13.0. The average Bonchev–Trinajstić information content (AvgIpc) is 2.64. The monoisotopic (exact) mass is 443 g/mol. The van der Waals surface area contributed by atoms with E-state index in [-0.39, 0.29) is 17.5 Å². The molecule has 0 spiro atoms. The van der Waals surface area contributed by atoms with Crippen LogP contribution in [-0.4, -0.2) is 11.3 Å². The van der Waals surface area contributed by atoms with Gasteiger partial charge in [-0.2, -0.15) is 0 Å². The van der Waals surface area contributed by atoms with Gasteiger partial charge in [0.1, 0.15) is 11.6 Å². The Morgan fingerprint density at radius 2 is 1.70 bits per heavy atom. The summed E-state index contributed by atoms with van der Waals surface area (Å²) in [5.41, 5.74) is 1.95. The Hall–Kier alpha value is -0.866. The van der Waals surface area contributed by atoms with Crippen LogP contribution in [0.4, 0.5) is 10.1 Å². The molecular formula is C21H24Cl2FNOTi. The summed E-state index contributed by atoms with van der Waals surface area (Å²) in [7, 11) is 9.78. The Kier molecular flexibility index (Phi) is 9.31. The van der Waals surface area contributed by atoms with Crippen molar-refractivity contribution in [3.63, 3.8) is 0 Å². The summed E-state index contributed by atoms with van der Waals surface area (Å²) >= 11 is -0.556. The molecule has 0 aliphatic heterocycles. The number of para-hydroxylation sites is 1. The van der Waals surface area contributed by atoms with Crippen LogP contribution in [0.2, 0.25) is 0 Å². The Morgan fingerprint density at radius 1 is 1.11 bits per heavy atom. The van der Waals surface area contributed by atoms with E-state index < -0.39 is 17.0 Å². The molecule has 1 N–H and O–H groups in total. The van der Waals surface area contributed by atoms with Crippen molar-refractivity contribution >= 4 is 30.5 Å². The summed E-state index contributed by atoms with van der Waals surface area (Å²) in [6.07, 6.45) is 5.00. The van der Waals surface area contributed by atoms with Crippen molar-refractivity contribution in [2.24, 2.45) is 16.8 Å². The molecule has 2 atom stereocenters. The number of phenolic OH excluding ortho intramolecular Hbond substituents is 1. The molecule has 1 aliphatic carbocycles. The van der Waals surface area contributed by atoms with Crippen LogP contribution < -0.4 is 0 Å². The predicted octanol–water partition coefficient (Wildman–Crippen LogP) is 7.20. The van der Waals surface area contributed by atoms with E-state index in [2.05, 4.69) is 18.8 Å². The van der Waals surface area contributed by atoms with E-state index in [1.807, 2.05) is 30.3 Å². The van der Waals surface area contributed by atoms with E-state index in [0.29, 0.717) is 17.4 Å². The predicted molar refractivity (Wildman–Crippen MR) is 108 cm³/mol. The van der Waals surface area contributed by atoms with Gasteiger partial charge in [0, 0.05) is 17.3 Å². The summed E-state index contributed by atoms with van der Waals surface area (Å²) in [6, 6.07) is 12.3. The van der Waals surface area contributed by atoms with Crippen LogP contribution in [0.3, 0.4) is 0 Å². The molecule has 1 saturated carbocycles. The Balaban J connectivity index is 0.000000817. The zero-order chi connectivity index (χ0) is 19.8. The second-order valence-corrected chi connectivity index (χ2v) is 9.59. The molecule has 0 heterocycles. The first-order valence-corrected chi connectivity index (χ1v) is 13.4. The average molecular weight is 444 g/mol. The van der Waals surface area contributed by atoms with Crippen molar-refractivity contribution in [2.75, 3.05) is 0 Å². The second-order valence-electron chi connectivity index (χ2n) is 7.01. The van der Waals surface area contributed by atoms with Gasteiger partial charge in [-0.05, 0) is 42.0 Å². The van der Waals surface area contributed by atoms with Gasteiger partial charge in [0.25, 0.3) is 0 Å². The van der Waals surface area contributed by atoms with Crippen molar-refractivity contribution < 1.29 is 26.5 Å². The summed E-state index contributed by atoms with van der Waals surface area (Å²) in [5.74, 6) is 0.933. The number of hydrogen-bond acceptors (Lipinski definition) is 2. The van der Waals surface area contributed by atoms with Gasteiger partial charge in [-0.1, -0.05) is 51.3 Å². The number of nitrogens with zero attached hydrogens (tertiary/aromatic N) is 1. The molecule has 2 aromatic rings. The number of phenols is 1. The Morgan fingerprint density at radius 3 is 2.30 bits per heavy atom. The molecule has 2 nitrogen and oxygen atoms in total. The van der Waals surface area contributed by atoms with Crippen LogP contribution in [0.1, 0.15) is 50.2 Å². The topological polar surface area (TPSA) is 32.6 Å². The normalized spacial score (nSPS) is 22.2. The summed E-state index contributed by atoms with van der Waals surface area (Å²) in [5, 5.41) is 10.7. The van der Waals surface area contributed by atoms with Crippen LogP contribution in [0.5, 0.6) is 5.75 Å². The van der Waals surface area contributed by atoms with Gasteiger partial charge in [0.2, 0.25) is 0 Å².